The molecular weight excluding hydrogens is 301 g/mol. The molecule has 0 saturated carbocycles. The van der Waals surface area contributed by atoms with E-state index in [9.17, 15) is 0 Å². The molecule has 6 atom stereocenters. The summed E-state index contributed by atoms with van der Waals surface area (Å²) >= 11 is 0. The van der Waals surface area contributed by atoms with Gasteiger partial charge in [-0.15, -0.1) is 9.24 Å². The highest BCUT2D eigenvalue weighted by molar-refractivity contribution is 7.16. The number of nitrogens with zero attached hydrogens (tertiary/aromatic N) is 3. The summed E-state index contributed by atoms with van der Waals surface area (Å²) < 4.78 is 17.5. The summed E-state index contributed by atoms with van der Waals surface area (Å²) in [7, 11) is 2.52. The van der Waals surface area contributed by atoms with Crippen molar-refractivity contribution in [3.8, 4) is 0 Å². The third-order valence-corrected chi connectivity index (χ3v) is 4.04. The van der Waals surface area contributed by atoms with Crippen molar-refractivity contribution < 1.29 is 14.2 Å². The van der Waals surface area contributed by atoms with Crippen LogP contribution in [0.1, 0.15) is 19.4 Å². The normalized spacial score (nSPS) is 31.5. The van der Waals surface area contributed by atoms with E-state index >= 15 is 0 Å². The minimum absolute atomic E-state index is 0.0315. The minimum atomic E-state index is -0.368. The van der Waals surface area contributed by atoms with Gasteiger partial charge >= 0.3 is 0 Å². The standard InChI is InChI=1S/C15H22N3O3P/c1-10-14(19-8-12-6-4-3-5-7-12)13(17-18-16)11(2)21-15(10)20-9-22/h3-7,10-11,13-15H,8-9,22H2,1-2H3/t10?,11?,13-,14-,15+/m1/s1. The molecule has 6 nitrogen and oxygen atoms in total. The van der Waals surface area contributed by atoms with Gasteiger partial charge in [-0.25, -0.2) is 0 Å². The summed E-state index contributed by atoms with van der Waals surface area (Å²) in [6.45, 7) is 4.34. The second kappa shape index (κ2) is 8.47. The molecule has 1 aromatic carbocycles. The predicted molar refractivity (Wildman–Crippen MR) is 87.1 cm³/mol. The van der Waals surface area contributed by atoms with Crippen LogP contribution in [0.15, 0.2) is 35.4 Å². The Morgan fingerprint density at radius 2 is 2.00 bits per heavy atom. The lowest BCUT2D eigenvalue weighted by atomic mass is 9.91. The number of rotatable bonds is 6. The van der Waals surface area contributed by atoms with E-state index in [1.165, 1.54) is 0 Å². The molecule has 1 saturated heterocycles. The molecule has 1 heterocycles. The molecule has 1 aliphatic rings. The Morgan fingerprint density at radius 3 is 2.64 bits per heavy atom. The summed E-state index contributed by atoms with van der Waals surface area (Å²) in [5.41, 5.74) is 9.89. The van der Waals surface area contributed by atoms with Crippen molar-refractivity contribution in [1.29, 1.82) is 0 Å². The molecule has 0 amide bonds. The highest BCUT2D eigenvalue weighted by Gasteiger charge is 2.42. The van der Waals surface area contributed by atoms with Gasteiger partial charge in [0.25, 0.3) is 0 Å². The second-order valence-electron chi connectivity index (χ2n) is 5.36. The molecule has 1 aliphatic heterocycles. The molecule has 0 bridgehead atoms. The number of azide groups is 1. The van der Waals surface area contributed by atoms with Crippen molar-refractivity contribution in [2.75, 3.05) is 6.35 Å². The zero-order valence-corrected chi connectivity index (χ0v) is 14.0. The first kappa shape index (κ1) is 17.2. The van der Waals surface area contributed by atoms with E-state index in [2.05, 4.69) is 19.3 Å². The van der Waals surface area contributed by atoms with Crippen LogP contribution in [0.25, 0.3) is 10.4 Å². The van der Waals surface area contributed by atoms with Crippen LogP contribution in [0.3, 0.4) is 0 Å². The lowest BCUT2D eigenvalue weighted by molar-refractivity contribution is -0.247. The Bertz CT molecular complexity index is 510. The summed E-state index contributed by atoms with van der Waals surface area (Å²) in [5, 5.41) is 3.87. The van der Waals surface area contributed by atoms with Crippen molar-refractivity contribution in [1.82, 2.24) is 0 Å². The fourth-order valence-corrected chi connectivity index (χ4v) is 2.86. The van der Waals surface area contributed by atoms with Crippen LogP contribution in [-0.4, -0.2) is 30.9 Å². The van der Waals surface area contributed by atoms with Crippen LogP contribution in [-0.2, 0) is 20.8 Å². The third-order valence-electron chi connectivity index (χ3n) is 3.84. The Labute approximate surface area is 133 Å². The number of benzene rings is 1. The highest BCUT2D eigenvalue weighted by atomic mass is 31.0. The zero-order valence-electron chi connectivity index (χ0n) is 12.8. The van der Waals surface area contributed by atoms with Crippen LogP contribution >= 0.6 is 9.24 Å². The molecule has 22 heavy (non-hydrogen) atoms. The van der Waals surface area contributed by atoms with Gasteiger partial charge in [-0.3, -0.25) is 0 Å². The fourth-order valence-electron chi connectivity index (χ4n) is 2.67. The molecular formula is C15H22N3O3P. The topological polar surface area (TPSA) is 76.5 Å². The molecule has 0 N–H and O–H groups in total. The van der Waals surface area contributed by atoms with Crippen molar-refractivity contribution in [3.63, 3.8) is 0 Å². The summed E-state index contributed by atoms with van der Waals surface area (Å²) in [6.07, 6.45) is -0.381. The SMILES string of the molecule is CC1O[C@H](OCP)C(C)[C@@H](OCc2ccccc2)[C@@H]1N=[N+]=[N-]. The first-order valence-electron chi connectivity index (χ1n) is 7.34. The zero-order chi connectivity index (χ0) is 15.9. The number of hydrogen-bond donors (Lipinski definition) is 0. The molecule has 120 valence electrons. The second-order valence-corrected chi connectivity index (χ2v) is 5.69. The van der Waals surface area contributed by atoms with E-state index in [4.69, 9.17) is 19.7 Å². The highest BCUT2D eigenvalue weighted by Crippen LogP contribution is 2.31. The largest absolute Gasteiger partial charge is 0.373 e. The Morgan fingerprint density at radius 1 is 1.27 bits per heavy atom. The average molecular weight is 323 g/mol. The van der Waals surface area contributed by atoms with E-state index in [1.54, 1.807) is 0 Å². The molecule has 0 spiro atoms. The van der Waals surface area contributed by atoms with Gasteiger partial charge in [-0.05, 0) is 18.0 Å². The van der Waals surface area contributed by atoms with Crippen molar-refractivity contribution in [2.24, 2.45) is 11.0 Å². The van der Waals surface area contributed by atoms with Gasteiger partial charge in [0, 0.05) is 10.8 Å². The molecule has 1 fully saturated rings. The van der Waals surface area contributed by atoms with Crippen LogP contribution < -0.4 is 0 Å². The van der Waals surface area contributed by atoms with Crippen LogP contribution in [0, 0.1) is 5.92 Å². The molecule has 0 radical (unpaired) electrons. The Kier molecular flexibility index (Phi) is 6.62. The maximum Gasteiger partial charge on any atom is 0.163 e. The first-order valence-corrected chi connectivity index (χ1v) is 8.16. The van der Waals surface area contributed by atoms with E-state index in [1.807, 2.05) is 44.2 Å². The van der Waals surface area contributed by atoms with Gasteiger partial charge in [0.15, 0.2) is 6.29 Å². The van der Waals surface area contributed by atoms with Gasteiger partial charge in [0.05, 0.1) is 31.2 Å². The number of hydrogen-bond acceptors (Lipinski definition) is 4. The van der Waals surface area contributed by atoms with E-state index in [-0.39, 0.29) is 30.5 Å². The third kappa shape index (κ3) is 4.19. The van der Waals surface area contributed by atoms with Gasteiger partial charge < -0.3 is 14.2 Å². The molecule has 1 aromatic rings. The maximum absolute atomic E-state index is 8.81. The molecule has 7 heteroatoms. The van der Waals surface area contributed by atoms with Crippen molar-refractivity contribution in [2.45, 2.75) is 45.0 Å². The summed E-state index contributed by atoms with van der Waals surface area (Å²) in [6, 6.07) is 9.56. The molecule has 0 aliphatic carbocycles. The Balaban J connectivity index is 2.11. The molecule has 2 rings (SSSR count). The van der Waals surface area contributed by atoms with Crippen molar-refractivity contribution in [3.05, 3.63) is 46.3 Å². The van der Waals surface area contributed by atoms with Gasteiger partial charge in [-0.2, -0.15) is 0 Å². The van der Waals surface area contributed by atoms with E-state index in [0.29, 0.717) is 13.0 Å². The summed E-state index contributed by atoms with van der Waals surface area (Å²) in [5.74, 6) is -0.0315. The smallest absolute Gasteiger partial charge is 0.163 e. The van der Waals surface area contributed by atoms with E-state index in [0.717, 1.165) is 5.56 Å². The van der Waals surface area contributed by atoms with Gasteiger partial charge in [0.1, 0.15) is 0 Å². The van der Waals surface area contributed by atoms with Gasteiger partial charge in [0.2, 0.25) is 0 Å². The minimum Gasteiger partial charge on any atom is -0.373 e. The Hall–Kier alpha value is -1.16. The van der Waals surface area contributed by atoms with Crippen LogP contribution in [0.4, 0.5) is 0 Å². The first-order chi connectivity index (χ1) is 10.7. The quantitative estimate of drug-likeness (QED) is 0.348. The lowest BCUT2D eigenvalue weighted by Gasteiger charge is -2.42. The van der Waals surface area contributed by atoms with Gasteiger partial charge in [-0.1, -0.05) is 42.4 Å². The summed E-state index contributed by atoms with van der Waals surface area (Å²) in [4.78, 5) is 2.94. The van der Waals surface area contributed by atoms with Crippen LogP contribution in [0.5, 0.6) is 0 Å². The van der Waals surface area contributed by atoms with E-state index < -0.39 is 0 Å². The molecule has 3 unspecified atom stereocenters. The monoisotopic (exact) mass is 323 g/mol. The average Bonchev–Trinajstić information content (AvgIpc) is 2.53. The lowest BCUT2D eigenvalue weighted by Crippen LogP contribution is -2.53. The van der Waals surface area contributed by atoms with Crippen molar-refractivity contribution >= 4 is 9.24 Å². The van der Waals surface area contributed by atoms with Crippen LogP contribution in [0.2, 0.25) is 0 Å². The number of ether oxygens (including phenoxy) is 3. The predicted octanol–water partition coefficient (Wildman–Crippen LogP) is 3.48. The molecule has 0 aromatic heterocycles. The maximum atomic E-state index is 8.81. The fraction of sp³-hybridized carbons (Fsp3) is 0.600.